The van der Waals surface area contributed by atoms with Gasteiger partial charge in [-0.15, -0.1) is 22.7 Å². The van der Waals surface area contributed by atoms with E-state index >= 15 is 0 Å². The molecule has 4 fully saturated rings. The summed E-state index contributed by atoms with van der Waals surface area (Å²) in [4.78, 5) is 4.15. The maximum Gasteiger partial charge on any atom is 0.0476 e. The standard InChI is InChI=1S/C63H54N2S2/c1-37-5-15-45(16-6-37)64(46-17-7-38(2)8-18-46)49-23-25-51-55-35-54-52-27-28-57-61(53-26-24-50(34-59(53)66-57)65(47-19-9-39(3)10-20-47)48-21-11-40(4)12-22-48)62(52)63(56(54)36-60(55)67-58(51)33-49)43-14-13-41-29-42(31-43)32-44(63)30-41/h5-12,15-28,33-36,41-44H,13-14,29-32H2,1-4H3/i1D3,2D3,3D3,4D3. The van der Waals surface area contributed by atoms with Crippen LogP contribution in [0.25, 0.3) is 51.5 Å². The molecule has 0 aliphatic heterocycles. The number of rotatable bonds is 6. The molecular formula is C63H54N2S2. The molecule has 8 aromatic carbocycles. The molecule has 5 aliphatic carbocycles. The Labute approximate surface area is 419 Å². The topological polar surface area (TPSA) is 6.48 Å². The maximum absolute atomic E-state index is 8.05. The number of benzene rings is 8. The summed E-state index contributed by atoms with van der Waals surface area (Å²) >= 11 is 3.62. The second kappa shape index (κ2) is 14.9. The minimum absolute atomic E-state index is 0.169. The second-order valence-electron chi connectivity index (χ2n) is 19.7. The van der Waals surface area contributed by atoms with Crippen molar-refractivity contribution in [3.05, 3.63) is 191 Å². The van der Waals surface area contributed by atoms with E-state index in [0.29, 0.717) is 11.8 Å². The van der Waals surface area contributed by atoms with Crippen molar-refractivity contribution in [2.75, 3.05) is 9.80 Å². The van der Waals surface area contributed by atoms with Gasteiger partial charge in [0.15, 0.2) is 0 Å². The smallest absolute Gasteiger partial charge is 0.0476 e. The molecule has 5 atom stereocenters. The average molecular weight is 915 g/mol. The molecule has 5 unspecified atom stereocenters. The van der Waals surface area contributed by atoms with Crippen LogP contribution in [0.4, 0.5) is 34.1 Å². The fraction of sp³-hybridized carbons (Fsp3) is 0.238. The average Bonchev–Trinajstić information content (AvgIpc) is 4.08. The summed E-state index contributed by atoms with van der Waals surface area (Å²) in [6, 6.07) is 50.8. The van der Waals surface area contributed by atoms with Crippen molar-refractivity contribution < 1.29 is 16.4 Å². The minimum atomic E-state index is -2.26. The van der Waals surface area contributed by atoms with Crippen molar-refractivity contribution in [1.29, 1.82) is 0 Å². The van der Waals surface area contributed by atoms with Crippen LogP contribution in [0.5, 0.6) is 0 Å². The van der Waals surface area contributed by atoms with Gasteiger partial charge in [0.25, 0.3) is 0 Å². The van der Waals surface area contributed by atoms with Crippen LogP contribution >= 0.6 is 22.7 Å². The third-order valence-electron chi connectivity index (χ3n) is 16.1. The van der Waals surface area contributed by atoms with E-state index in [-0.39, 0.29) is 27.7 Å². The van der Waals surface area contributed by atoms with E-state index in [0.717, 1.165) is 60.7 Å². The number of thiophene rings is 2. The highest BCUT2D eigenvalue weighted by molar-refractivity contribution is 7.26. The van der Waals surface area contributed by atoms with E-state index in [1.54, 1.807) is 48.5 Å². The summed E-state index contributed by atoms with van der Waals surface area (Å²) in [5.74, 6) is 2.48. The first-order chi connectivity index (χ1) is 37.6. The highest BCUT2D eigenvalue weighted by Gasteiger charge is 2.60. The lowest BCUT2D eigenvalue weighted by Crippen LogP contribution is -2.48. The highest BCUT2D eigenvalue weighted by Crippen LogP contribution is 2.70. The van der Waals surface area contributed by atoms with Crippen molar-refractivity contribution in [1.82, 2.24) is 0 Å². The second-order valence-corrected chi connectivity index (χ2v) is 21.9. The summed E-state index contributed by atoms with van der Waals surface area (Å²) in [5, 5.41) is 4.94. The number of anilines is 6. The Bertz CT molecular complexity index is 3930. The van der Waals surface area contributed by atoms with Gasteiger partial charge in [-0.1, -0.05) is 95.4 Å². The molecule has 4 heteroatoms. The summed E-state index contributed by atoms with van der Waals surface area (Å²) in [6.45, 7) is -9.02. The third-order valence-corrected chi connectivity index (χ3v) is 18.3. The molecule has 0 N–H and O–H groups in total. The highest BCUT2D eigenvalue weighted by atomic mass is 32.1. The van der Waals surface area contributed by atoms with E-state index < -0.39 is 27.4 Å². The maximum atomic E-state index is 8.05. The predicted molar refractivity (Wildman–Crippen MR) is 288 cm³/mol. The van der Waals surface area contributed by atoms with E-state index in [1.807, 2.05) is 71.2 Å². The van der Waals surface area contributed by atoms with Gasteiger partial charge in [-0.05, 0) is 196 Å². The largest absolute Gasteiger partial charge is 0.310 e. The van der Waals surface area contributed by atoms with Gasteiger partial charge in [-0.25, -0.2) is 0 Å². The number of hydrogen-bond donors (Lipinski definition) is 0. The fourth-order valence-corrected chi connectivity index (χ4v) is 15.9. The number of aryl methyl sites for hydroxylation is 4. The van der Waals surface area contributed by atoms with Gasteiger partial charge >= 0.3 is 0 Å². The molecule has 2 aromatic heterocycles. The molecule has 0 saturated heterocycles. The Hall–Kier alpha value is -6.20. The van der Waals surface area contributed by atoms with Gasteiger partial charge in [0.2, 0.25) is 0 Å². The van der Waals surface area contributed by atoms with Crippen molar-refractivity contribution in [2.45, 2.75) is 71.3 Å². The zero-order valence-corrected chi connectivity index (χ0v) is 38.4. The lowest BCUT2D eigenvalue weighted by atomic mass is 9.50. The molecule has 1 spiro atoms. The first-order valence-electron chi connectivity index (χ1n) is 29.6. The van der Waals surface area contributed by atoms with Gasteiger partial charge in [0.05, 0.1) is 0 Å². The van der Waals surface area contributed by atoms with Gasteiger partial charge in [0, 0.05) is 96.3 Å². The molecule has 5 aliphatic rings. The summed E-state index contributed by atoms with van der Waals surface area (Å²) in [6.07, 6.45) is 7.51. The quantitative estimate of drug-likeness (QED) is 0.164. The summed E-state index contributed by atoms with van der Waals surface area (Å²) in [7, 11) is 0. The first kappa shape index (κ1) is 29.5. The lowest BCUT2D eigenvalue weighted by Gasteiger charge is -2.53. The molecule has 328 valence electrons. The van der Waals surface area contributed by atoms with Crippen LogP contribution in [0.15, 0.2) is 158 Å². The normalized spacial score (nSPS) is 24.8. The Morgan fingerprint density at radius 2 is 0.910 bits per heavy atom. The molecule has 10 aromatic rings. The predicted octanol–water partition coefficient (Wildman–Crippen LogP) is 18.7. The summed E-state index contributed by atoms with van der Waals surface area (Å²) < 4.78 is 101. The Kier molecular flexibility index (Phi) is 6.57. The number of hydrogen-bond acceptors (Lipinski definition) is 4. The van der Waals surface area contributed by atoms with E-state index in [4.69, 9.17) is 16.4 Å². The third kappa shape index (κ3) is 6.04. The van der Waals surface area contributed by atoms with Crippen molar-refractivity contribution in [3.8, 4) is 11.1 Å². The summed E-state index contributed by atoms with van der Waals surface area (Å²) in [5.41, 5.74) is 11.3. The monoisotopic (exact) mass is 914 g/mol. The van der Waals surface area contributed by atoms with Gasteiger partial charge in [0.1, 0.15) is 0 Å². The van der Waals surface area contributed by atoms with Crippen LogP contribution in [0, 0.1) is 51.1 Å². The SMILES string of the molecule is [2H]C([2H])([2H])c1ccc(N(c2ccc(C([2H])([2H])[2H])cc2)c2ccc3c(c2)sc2cc4c(cc23)-c2ccc3sc5cc(N(c6ccc(C([2H])([2H])[2H])cc6)c6ccc(C([2H])([2H])[2H])cc6)ccc5c3c2C42C3CCC4CC(C3)CC2C4)cc1. The number of fused-ring (bicyclic) bond motifs is 11. The zero-order chi connectivity index (χ0) is 54.7. The molecule has 0 radical (unpaired) electrons. The van der Waals surface area contributed by atoms with Crippen LogP contribution in [-0.2, 0) is 5.41 Å². The number of nitrogens with zero attached hydrogens (tertiary/aromatic N) is 2. The van der Waals surface area contributed by atoms with Gasteiger partial charge in [-0.2, -0.15) is 0 Å². The molecular weight excluding hydrogens is 849 g/mol. The van der Waals surface area contributed by atoms with Crippen molar-refractivity contribution >= 4 is 97.1 Å². The van der Waals surface area contributed by atoms with Gasteiger partial charge in [-0.3, -0.25) is 0 Å². The van der Waals surface area contributed by atoms with E-state index in [2.05, 4.69) is 70.5 Å². The molecule has 0 amide bonds. The van der Waals surface area contributed by atoms with Crippen LogP contribution in [0.3, 0.4) is 0 Å². The fourth-order valence-electron chi connectivity index (χ4n) is 13.6. The van der Waals surface area contributed by atoms with Crippen molar-refractivity contribution in [3.63, 3.8) is 0 Å². The zero-order valence-electron chi connectivity index (χ0n) is 48.8. The van der Waals surface area contributed by atoms with Crippen LogP contribution in [0.1, 0.15) is 88.4 Å². The van der Waals surface area contributed by atoms with Crippen LogP contribution < -0.4 is 9.80 Å². The lowest BCUT2D eigenvalue weighted by molar-refractivity contribution is 0.0627. The molecule has 15 rings (SSSR count). The Morgan fingerprint density at radius 3 is 1.49 bits per heavy atom. The minimum Gasteiger partial charge on any atom is -0.310 e. The van der Waals surface area contributed by atoms with E-state index in [9.17, 15) is 0 Å². The van der Waals surface area contributed by atoms with Crippen LogP contribution in [0.2, 0.25) is 0 Å². The van der Waals surface area contributed by atoms with E-state index in [1.165, 1.54) is 86.3 Å². The molecule has 4 saturated carbocycles. The molecule has 67 heavy (non-hydrogen) atoms. The van der Waals surface area contributed by atoms with Crippen molar-refractivity contribution in [2.24, 2.45) is 23.7 Å². The Balaban J connectivity index is 0.926. The van der Waals surface area contributed by atoms with Gasteiger partial charge < -0.3 is 9.80 Å². The molecule has 4 bridgehead atoms. The Morgan fingerprint density at radius 1 is 0.418 bits per heavy atom. The molecule has 2 nitrogen and oxygen atoms in total. The molecule has 2 heterocycles. The van der Waals surface area contributed by atoms with Crippen LogP contribution in [-0.4, -0.2) is 0 Å². The first-order valence-corrected chi connectivity index (χ1v) is 25.3.